The molecule has 1 heterocycles. The number of carbonyl (C=O) groups excluding carboxylic acids is 2. The molecule has 2 aromatic carbocycles. The minimum atomic E-state index is -0.341. The van der Waals surface area contributed by atoms with E-state index in [1.165, 1.54) is 12.1 Å². The van der Waals surface area contributed by atoms with Crippen molar-refractivity contribution in [1.29, 1.82) is 0 Å². The highest BCUT2D eigenvalue weighted by molar-refractivity contribution is 8.18. The molecular weight excluding hydrogens is 359 g/mol. The van der Waals surface area contributed by atoms with E-state index in [2.05, 4.69) is 5.32 Å². The summed E-state index contributed by atoms with van der Waals surface area (Å²) in [5.74, 6) is -0.675. The highest BCUT2D eigenvalue weighted by Gasteiger charge is 2.34. The van der Waals surface area contributed by atoms with Gasteiger partial charge in [-0.15, -0.1) is 11.8 Å². The average Bonchev–Trinajstić information content (AvgIpc) is 2.89. The van der Waals surface area contributed by atoms with Crippen LogP contribution in [0.25, 0.3) is 6.08 Å². The number of nitrogens with zero attached hydrogens (tertiary/aromatic N) is 1. The number of imide groups is 1. The number of rotatable bonds is 5. The zero-order valence-corrected chi connectivity index (χ0v) is 15.0. The third-order valence-corrected chi connectivity index (χ3v) is 5.22. The molecule has 0 spiro atoms. The van der Waals surface area contributed by atoms with Crippen LogP contribution in [0.3, 0.4) is 0 Å². The summed E-state index contributed by atoms with van der Waals surface area (Å²) in [6.07, 6.45) is 3.71. The molecule has 7 heteroatoms. The lowest BCUT2D eigenvalue weighted by Gasteiger charge is -2.14. The molecule has 0 bridgehead atoms. The summed E-state index contributed by atoms with van der Waals surface area (Å²) < 4.78 is 12.9. The van der Waals surface area contributed by atoms with Crippen LogP contribution in [-0.2, 0) is 4.79 Å². The van der Waals surface area contributed by atoms with Crippen molar-refractivity contribution in [3.63, 3.8) is 0 Å². The first-order chi connectivity index (χ1) is 12.1. The number of hydrogen-bond donors (Lipinski definition) is 1. The number of carbonyl (C=O) groups is 2. The number of nitrogens with one attached hydrogen (secondary N) is 1. The van der Waals surface area contributed by atoms with Crippen molar-refractivity contribution in [1.82, 2.24) is 4.90 Å². The van der Waals surface area contributed by atoms with Crippen LogP contribution in [0.2, 0.25) is 0 Å². The summed E-state index contributed by atoms with van der Waals surface area (Å²) in [5, 5.41) is 2.62. The predicted octanol–water partition coefficient (Wildman–Crippen LogP) is 4.65. The van der Waals surface area contributed by atoms with E-state index in [4.69, 9.17) is 0 Å². The van der Waals surface area contributed by atoms with Gasteiger partial charge in [0.25, 0.3) is 11.1 Å². The Labute approximate surface area is 153 Å². The lowest BCUT2D eigenvalue weighted by Crippen LogP contribution is -2.33. The summed E-state index contributed by atoms with van der Waals surface area (Å²) in [4.78, 5) is 27.2. The van der Waals surface area contributed by atoms with Crippen molar-refractivity contribution in [3.8, 4) is 0 Å². The van der Waals surface area contributed by atoms with E-state index in [9.17, 15) is 14.0 Å². The Morgan fingerprint density at radius 1 is 1.12 bits per heavy atom. The van der Waals surface area contributed by atoms with E-state index in [0.717, 1.165) is 27.1 Å². The van der Waals surface area contributed by atoms with Crippen LogP contribution < -0.4 is 5.32 Å². The van der Waals surface area contributed by atoms with E-state index < -0.39 is 0 Å². The fourth-order valence-corrected chi connectivity index (χ4v) is 3.47. The zero-order chi connectivity index (χ0) is 17.8. The van der Waals surface area contributed by atoms with Crippen molar-refractivity contribution >= 4 is 46.4 Å². The van der Waals surface area contributed by atoms with Crippen molar-refractivity contribution in [2.75, 3.05) is 18.2 Å². The van der Waals surface area contributed by atoms with Gasteiger partial charge in [0.15, 0.2) is 0 Å². The molecule has 0 aromatic heterocycles. The quantitative estimate of drug-likeness (QED) is 0.610. The molecule has 3 rings (SSSR count). The molecule has 2 amide bonds. The SMILES string of the molecule is CSc1ccc(/C=C2/SC(=O)N(CNc3ccc(F)cc3)C2=O)cc1. The first-order valence-corrected chi connectivity index (χ1v) is 9.50. The topological polar surface area (TPSA) is 49.4 Å². The first kappa shape index (κ1) is 17.6. The number of halogens is 1. The van der Waals surface area contributed by atoms with Gasteiger partial charge in [-0.05, 0) is 66.1 Å². The highest BCUT2D eigenvalue weighted by Crippen LogP contribution is 2.32. The van der Waals surface area contributed by atoms with E-state index in [1.807, 2.05) is 30.5 Å². The molecule has 0 saturated carbocycles. The molecule has 128 valence electrons. The maximum absolute atomic E-state index is 12.9. The largest absolute Gasteiger partial charge is 0.367 e. The van der Waals surface area contributed by atoms with Crippen LogP contribution in [0.1, 0.15) is 5.56 Å². The van der Waals surface area contributed by atoms with Crippen LogP contribution >= 0.6 is 23.5 Å². The van der Waals surface area contributed by atoms with Gasteiger partial charge in [-0.2, -0.15) is 0 Å². The standard InChI is InChI=1S/C18H15FN2O2S2/c1-24-15-8-2-12(3-9-15)10-16-17(22)21(18(23)25-16)11-20-14-6-4-13(19)5-7-14/h2-10,20H,11H2,1H3/b16-10+. The summed E-state index contributed by atoms with van der Waals surface area (Å²) in [6.45, 7) is 0.0407. The zero-order valence-electron chi connectivity index (χ0n) is 13.4. The lowest BCUT2D eigenvalue weighted by atomic mass is 10.2. The Kier molecular flexibility index (Phi) is 5.45. The minimum absolute atomic E-state index is 0.0407. The first-order valence-electron chi connectivity index (χ1n) is 7.45. The lowest BCUT2D eigenvalue weighted by molar-refractivity contribution is -0.122. The summed E-state index contributed by atoms with van der Waals surface area (Å²) in [7, 11) is 0. The van der Waals surface area contributed by atoms with Crippen LogP contribution in [0.4, 0.5) is 14.9 Å². The molecule has 2 aromatic rings. The number of amides is 2. The number of benzene rings is 2. The normalized spacial score (nSPS) is 15.9. The monoisotopic (exact) mass is 374 g/mol. The molecule has 0 atom stereocenters. The molecule has 1 aliphatic heterocycles. The van der Waals surface area contributed by atoms with E-state index in [0.29, 0.717) is 10.6 Å². The molecule has 1 aliphatic rings. The molecule has 4 nitrogen and oxygen atoms in total. The molecule has 1 N–H and O–H groups in total. The maximum atomic E-state index is 12.9. The van der Waals surface area contributed by atoms with Gasteiger partial charge in [-0.3, -0.25) is 14.5 Å². The van der Waals surface area contributed by atoms with Crippen LogP contribution in [0, 0.1) is 5.82 Å². The van der Waals surface area contributed by atoms with Gasteiger partial charge in [0, 0.05) is 10.6 Å². The fourth-order valence-electron chi connectivity index (χ4n) is 2.23. The molecule has 1 fully saturated rings. The third-order valence-electron chi connectivity index (χ3n) is 3.57. The van der Waals surface area contributed by atoms with Gasteiger partial charge in [-0.1, -0.05) is 12.1 Å². The highest BCUT2D eigenvalue weighted by atomic mass is 32.2. The molecule has 0 unspecified atom stereocenters. The average molecular weight is 374 g/mol. The van der Waals surface area contributed by atoms with Gasteiger partial charge in [0.1, 0.15) is 5.82 Å². The van der Waals surface area contributed by atoms with Crippen molar-refractivity contribution in [2.24, 2.45) is 0 Å². The second-order valence-corrected chi connectivity index (χ2v) is 7.10. The summed E-state index contributed by atoms with van der Waals surface area (Å²) in [5.41, 5.74) is 1.51. The number of thioether (sulfide) groups is 2. The van der Waals surface area contributed by atoms with Gasteiger partial charge in [0.2, 0.25) is 0 Å². The predicted molar refractivity (Wildman–Crippen MR) is 101 cm³/mol. The number of hydrogen-bond acceptors (Lipinski definition) is 5. The molecule has 25 heavy (non-hydrogen) atoms. The Morgan fingerprint density at radius 2 is 1.80 bits per heavy atom. The van der Waals surface area contributed by atoms with Crippen LogP contribution in [0.5, 0.6) is 0 Å². The Morgan fingerprint density at radius 3 is 2.44 bits per heavy atom. The minimum Gasteiger partial charge on any atom is -0.367 e. The van der Waals surface area contributed by atoms with E-state index in [1.54, 1.807) is 30.0 Å². The second-order valence-electron chi connectivity index (χ2n) is 5.22. The molecular formula is C18H15FN2O2S2. The van der Waals surface area contributed by atoms with Crippen molar-refractivity contribution in [2.45, 2.75) is 4.90 Å². The van der Waals surface area contributed by atoms with Crippen molar-refractivity contribution < 1.29 is 14.0 Å². The van der Waals surface area contributed by atoms with E-state index >= 15 is 0 Å². The van der Waals surface area contributed by atoms with Gasteiger partial charge in [-0.25, -0.2) is 4.39 Å². The maximum Gasteiger partial charge on any atom is 0.295 e. The van der Waals surface area contributed by atoms with Gasteiger partial charge in [0.05, 0.1) is 11.6 Å². The fraction of sp³-hybridized carbons (Fsp3) is 0.111. The molecule has 0 radical (unpaired) electrons. The summed E-state index contributed by atoms with van der Waals surface area (Å²) in [6, 6.07) is 13.5. The Hall–Kier alpha value is -2.25. The second kappa shape index (κ2) is 7.76. The smallest absolute Gasteiger partial charge is 0.295 e. The van der Waals surface area contributed by atoms with Crippen LogP contribution in [-0.4, -0.2) is 29.0 Å². The molecule has 1 saturated heterocycles. The van der Waals surface area contributed by atoms with Gasteiger partial charge >= 0.3 is 0 Å². The summed E-state index contributed by atoms with van der Waals surface area (Å²) >= 11 is 2.56. The van der Waals surface area contributed by atoms with Crippen molar-refractivity contribution in [3.05, 3.63) is 64.8 Å². The number of anilines is 1. The van der Waals surface area contributed by atoms with E-state index in [-0.39, 0.29) is 23.6 Å². The van der Waals surface area contributed by atoms with Crippen LogP contribution in [0.15, 0.2) is 58.3 Å². The Bertz CT molecular complexity index is 820. The third kappa shape index (κ3) is 4.24. The van der Waals surface area contributed by atoms with Gasteiger partial charge < -0.3 is 5.32 Å². The molecule has 0 aliphatic carbocycles. The Balaban J connectivity index is 1.68.